The molecular weight excluding hydrogens is 347 g/mol. The van der Waals surface area contributed by atoms with E-state index >= 15 is 0 Å². The Balaban J connectivity index is 1.54. The van der Waals surface area contributed by atoms with Gasteiger partial charge in [-0.2, -0.15) is 11.3 Å². The first-order valence-electron chi connectivity index (χ1n) is 7.08. The van der Waals surface area contributed by atoms with Crippen molar-refractivity contribution in [3.63, 3.8) is 0 Å². The molecule has 4 nitrogen and oxygen atoms in total. The van der Waals surface area contributed by atoms with Gasteiger partial charge in [0.05, 0.1) is 11.4 Å². The van der Waals surface area contributed by atoms with Crippen molar-refractivity contribution in [1.29, 1.82) is 0 Å². The minimum Gasteiger partial charge on any atom is -0.333 e. The first kappa shape index (κ1) is 16.4. The summed E-state index contributed by atoms with van der Waals surface area (Å²) in [5, 5.41) is 9.00. The normalized spacial score (nSPS) is 10.4. The molecule has 0 aliphatic rings. The first-order chi connectivity index (χ1) is 11.6. The van der Waals surface area contributed by atoms with Gasteiger partial charge in [0.1, 0.15) is 5.82 Å². The van der Waals surface area contributed by atoms with Crippen LogP contribution in [0.1, 0.15) is 20.1 Å². The highest BCUT2D eigenvalue weighted by Crippen LogP contribution is 2.21. The zero-order valence-electron chi connectivity index (χ0n) is 12.4. The van der Waals surface area contributed by atoms with Crippen molar-refractivity contribution in [2.75, 3.05) is 5.32 Å². The van der Waals surface area contributed by atoms with Crippen molar-refractivity contribution in [1.82, 2.24) is 5.32 Å². The van der Waals surface area contributed by atoms with Crippen LogP contribution in [0.25, 0.3) is 0 Å². The predicted molar refractivity (Wildman–Crippen MR) is 94.3 cm³/mol. The monoisotopic (exact) mass is 360 g/mol. The molecule has 0 spiro atoms. The summed E-state index contributed by atoms with van der Waals surface area (Å²) >= 11 is 2.83. The number of carbonyl (C=O) groups excluding carboxylic acids is 2. The number of ketones is 1. The molecule has 7 heteroatoms. The van der Waals surface area contributed by atoms with Crippen molar-refractivity contribution < 1.29 is 14.0 Å². The van der Waals surface area contributed by atoms with Crippen molar-refractivity contribution in [3.05, 3.63) is 74.4 Å². The Morgan fingerprint density at radius 2 is 1.83 bits per heavy atom. The fourth-order valence-corrected chi connectivity index (χ4v) is 3.55. The molecule has 0 saturated carbocycles. The highest BCUT2D eigenvalue weighted by molar-refractivity contribution is 7.14. The largest absolute Gasteiger partial charge is 0.333 e. The third-order valence-electron chi connectivity index (χ3n) is 3.19. The number of benzene rings is 1. The lowest BCUT2D eigenvalue weighted by Gasteiger charge is -2.06. The molecule has 0 aliphatic heterocycles. The van der Waals surface area contributed by atoms with Gasteiger partial charge in [0.2, 0.25) is 5.78 Å². The fraction of sp³-hybridized carbons (Fsp3) is 0.0588. The topological polar surface area (TPSA) is 58.2 Å². The maximum atomic E-state index is 12.8. The lowest BCUT2D eigenvalue weighted by molar-refractivity contribution is 0.104. The van der Waals surface area contributed by atoms with Crippen LogP contribution in [-0.2, 0) is 6.54 Å². The number of hydrogen-bond acceptors (Lipinski definition) is 4. The van der Waals surface area contributed by atoms with Crippen LogP contribution in [0.4, 0.5) is 14.9 Å². The van der Waals surface area contributed by atoms with E-state index in [-0.39, 0.29) is 17.6 Å². The number of nitrogens with one attached hydrogen (secondary N) is 2. The predicted octanol–water partition coefficient (Wildman–Crippen LogP) is 4.50. The third kappa shape index (κ3) is 4.06. The fourth-order valence-electron chi connectivity index (χ4n) is 2.01. The second-order valence-electron chi connectivity index (χ2n) is 4.92. The van der Waals surface area contributed by atoms with E-state index in [1.165, 1.54) is 46.9 Å². The minimum absolute atomic E-state index is 0.0109. The summed E-state index contributed by atoms with van der Waals surface area (Å²) in [4.78, 5) is 25.6. The number of carbonyl (C=O) groups is 2. The van der Waals surface area contributed by atoms with Gasteiger partial charge in [-0.1, -0.05) is 0 Å². The zero-order chi connectivity index (χ0) is 16.9. The number of rotatable bonds is 5. The molecule has 0 fully saturated rings. The van der Waals surface area contributed by atoms with Gasteiger partial charge in [-0.25, -0.2) is 9.18 Å². The zero-order valence-corrected chi connectivity index (χ0v) is 14.0. The number of hydrogen-bond donors (Lipinski definition) is 2. The second-order valence-corrected chi connectivity index (χ2v) is 6.87. The van der Waals surface area contributed by atoms with Crippen LogP contribution < -0.4 is 10.6 Å². The Bertz CT molecular complexity index is 842. The number of urea groups is 1. The van der Waals surface area contributed by atoms with Gasteiger partial charge in [0, 0.05) is 21.5 Å². The van der Waals surface area contributed by atoms with E-state index in [1.807, 2.05) is 16.8 Å². The molecule has 0 bridgehead atoms. The minimum atomic E-state index is -0.388. The van der Waals surface area contributed by atoms with Crippen LogP contribution in [-0.4, -0.2) is 11.8 Å². The van der Waals surface area contributed by atoms with Gasteiger partial charge in [-0.3, -0.25) is 4.79 Å². The van der Waals surface area contributed by atoms with E-state index in [9.17, 15) is 14.0 Å². The molecule has 2 amide bonds. The summed E-state index contributed by atoms with van der Waals surface area (Å²) in [7, 11) is 0. The summed E-state index contributed by atoms with van der Waals surface area (Å²) in [5.74, 6) is -0.370. The maximum absolute atomic E-state index is 12.8. The van der Waals surface area contributed by atoms with Crippen LogP contribution in [0.2, 0.25) is 0 Å². The van der Waals surface area contributed by atoms with E-state index in [0.717, 1.165) is 4.88 Å². The molecule has 0 saturated heterocycles. The highest BCUT2D eigenvalue weighted by atomic mass is 32.1. The SMILES string of the molecule is O=C(NCc1ccc(C(=O)c2ccsc2)s1)Nc1ccc(F)cc1. The van der Waals surface area contributed by atoms with E-state index in [2.05, 4.69) is 10.6 Å². The summed E-state index contributed by atoms with van der Waals surface area (Å²) in [5.41, 5.74) is 1.18. The van der Waals surface area contributed by atoms with Crippen molar-refractivity contribution in [2.45, 2.75) is 6.54 Å². The Labute approximate surface area is 146 Å². The first-order valence-corrected chi connectivity index (χ1v) is 8.84. The van der Waals surface area contributed by atoms with Crippen molar-refractivity contribution >= 4 is 40.2 Å². The van der Waals surface area contributed by atoms with E-state index in [0.29, 0.717) is 22.7 Å². The molecule has 122 valence electrons. The molecule has 24 heavy (non-hydrogen) atoms. The van der Waals surface area contributed by atoms with Gasteiger partial charge in [-0.05, 0) is 47.8 Å². The summed E-state index contributed by atoms with van der Waals surface area (Å²) in [6, 6.07) is 10.5. The smallest absolute Gasteiger partial charge is 0.319 e. The average Bonchev–Trinajstić information content (AvgIpc) is 3.26. The van der Waals surface area contributed by atoms with Gasteiger partial charge in [-0.15, -0.1) is 11.3 Å². The second kappa shape index (κ2) is 7.37. The van der Waals surface area contributed by atoms with E-state index < -0.39 is 0 Å². The highest BCUT2D eigenvalue weighted by Gasteiger charge is 2.12. The Hall–Kier alpha value is -2.51. The number of amides is 2. The van der Waals surface area contributed by atoms with Crippen LogP contribution in [0.5, 0.6) is 0 Å². The van der Waals surface area contributed by atoms with Gasteiger partial charge >= 0.3 is 6.03 Å². The third-order valence-corrected chi connectivity index (χ3v) is 4.96. The molecule has 3 rings (SSSR count). The molecule has 2 N–H and O–H groups in total. The van der Waals surface area contributed by atoms with Gasteiger partial charge in [0.25, 0.3) is 0 Å². The standard InChI is InChI=1S/C17H13FN2O2S2/c18-12-1-3-13(4-2-12)20-17(22)19-9-14-5-6-15(24-14)16(21)11-7-8-23-10-11/h1-8,10H,9H2,(H2,19,20,22). The molecule has 3 aromatic rings. The lowest BCUT2D eigenvalue weighted by atomic mass is 10.2. The van der Waals surface area contributed by atoms with Crippen LogP contribution in [0.3, 0.4) is 0 Å². The van der Waals surface area contributed by atoms with Crippen molar-refractivity contribution in [2.24, 2.45) is 0 Å². The Kier molecular flexibility index (Phi) is 5.02. The Morgan fingerprint density at radius 3 is 2.54 bits per heavy atom. The van der Waals surface area contributed by atoms with E-state index in [4.69, 9.17) is 0 Å². The summed E-state index contributed by atoms with van der Waals surface area (Å²) < 4.78 is 12.8. The lowest BCUT2D eigenvalue weighted by Crippen LogP contribution is -2.27. The average molecular weight is 360 g/mol. The number of thiophene rings is 2. The molecule has 0 unspecified atom stereocenters. The maximum Gasteiger partial charge on any atom is 0.319 e. The van der Waals surface area contributed by atoms with Gasteiger partial charge < -0.3 is 10.6 Å². The van der Waals surface area contributed by atoms with E-state index in [1.54, 1.807) is 12.1 Å². The molecular formula is C17H13FN2O2S2. The molecule has 0 aliphatic carbocycles. The van der Waals surface area contributed by atoms with Crippen molar-refractivity contribution in [3.8, 4) is 0 Å². The molecule has 2 heterocycles. The summed E-state index contributed by atoms with van der Waals surface area (Å²) in [6.07, 6.45) is 0. The number of anilines is 1. The Morgan fingerprint density at radius 1 is 1.04 bits per heavy atom. The quantitative estimate of drug-likeness (QED) is 0.658. The molecule has 0 radical (unpaired) electrons. The van der Waals surface area contributed by atoms with Crippen LogP contribution in [0, 0.1) is 5.82 Å². The summed E-state index contributed by atoms with van der Waals surface area (Å²) in [6.45, 7) is 0.314. The molecule has 2 aromatic heterocycles. The molecule has 1 aromatic carbocycles. The van der Waals surface area contributed by atoms with Gasteiger partial charge in [0.15, 0.2) is 0 Å². The van der Waals surface area contributed by atoms with Crippen LogP contribution >= 0.6 is 22.7 Å². The van der Waals surface area contributed by atoms with Crippen LogP contribution in [0.15, 0.2) is 53.2 Å². The molecule has 0 atom stereocenters. The number of halogens is 1.